The molecule has 2 amide bonds. The number of benzene rings is 2. The van der Waals surface area contributed by atoms with Gasteiger partial charge < -0.3 is 53.4 Å². The van der Waals surface area contributed by atoms with E-state index in [0.717, 1.165) is 11.6 Å². The molecule has 0 aliphatic carbocycles. The highest BCUT2D eigenvalue weighted by Gasteiger charge is 2.34. The van der Waals surface area contributed by atoms with Crippen molar-refractivity contribution in [2.75, 3.05) is 144 Å². The zero-order valence-corrected chi connectivity index (χ0v) is 39.4. The topological polar surface area (TPSA) is 169 Å². The number of fused-ring (bicyclic) bond motifs is 1. The van der Waals surface area contributed by atoms with E-state index in [-0.39, 0.29) is 36.6 Å². The monoisotopic (exact) mass is 967 g/mol. The Bertz CT molecular complexity index is 2240. The molecule has 1 aliphatic rings. The van der Waals surface area contributed by atoms with Crippen LogP contribution in [0.5, 0.6) is 0 Å². The van der Waals surface area contributed by atoms with Crippen molar-refractivity contribution < 1.29 is 60.7 Å². The standard InChI is InChI=1S/C49H64F3N7O10/c1-39-8-9-41(35-40(39)11-13-44-37-54-46-7-5-15-55-59(44)46)47(60)56-43-12-10-42(45(36-43)49(50,51)52)38-58-19-17-57(18-20-58)16-6-14-53-48(61)69-34-33-68-32-31-67-30-29-66-28-26-64-22-4-3-21-63-25-27-65-24-23-62-2/h3-5,7-10,12,15,35-37H,6,14,16-34,38H2,1-2H3,(H,53,61)(H,56,60)/b4-3+. The molecule has 17 nitrogen and oxygen atoms in total. The molecule has 1 fully saturated rings. The van der Waals surface area contributed by atoms with Gasteiger partial charge in [-0.3, -0.25) is 9.69 Å². The molecule has 2 N–H and O–H groups in total. The molecular weight excluding hydrogens is 904 g/mol. The first-order valence-electron chi connectivity index (χ1n) is 23.0. The summed E-state index contributed by atoms with van der Waals surface area (Å²) in [6.45, 7) is 11.7. The smallest absolute Gasteiger partial charge is 0.416 e. The van der Waals surface area contributed by atoms with Crippen molar-refractivity contribution >= 4 is 23.3 Å². The van der Waals surface area contributed by atoms with Crippen LogP contribution in [0.15, 0.2) is 73.1 Å². The Hall–Kier alpha value is -5.47. The summed E-state index contributed by atoms with van der Waals surface area (Å²) in [6, 6.07) is 12.5. The summed E-state index contributed by atoms with van der Waals surface area (Å²) in [7, 11) is 1.63. The van der Waals surface area contributed by atoms with E-state index in [1.54, 1.807) is 48.3 Å². The third-order valence-corrected chi connectivity index (χ3v) is 10.5. The number of nitrogens with zero attached hydrogens (tertiary/aromatic N) is 5. The van der Waals surface area contributed by atoms with Crippen LogP contribution in [0.1, 0.15) is 44.7 Å². The number of amides is 2. The number of alkyl halides is 3. The van der Waals surface area contributed by atoms with Crippen LogP contribution in [0.25, 0.3) is 5.65 Å². The average Bonchev–Trinajstić information content (AvgIpc) is 3.76. The van der Waals surface area contributed by atoms with E-state index in [2.05, 4.69) is 37.5 Å². The number of alkyl carbamates (subject to hydrolysis) is 1. The van der Waals surface area contributed by atoms with Crippen LogP contribution in [0.4, 0.5) is 23.7 Å². The van der Waals surface area contributed by atoms with Crippen molar-refractivity contribution in [2.45, 2.75) is 26.1 Å². The van der Waals surface area contributed by atoms with E-state index < -0.39 is 23.7 Å². The Morgan fingerprint density at radius 1 is 0.768 bits per heavy atom. The summed E-state index contributed by atoms with van der Waals surface area (Å²) < 4.78 is 87.4. The Morgan fingerprint density at radius 3 is 2.07 bits per heavy atom. The molecule has 0 saturated carbocycles. The molecule has 0 atom stereocenters. The lowest BCUT2D eigenvalue weighted by atomic mass is 10.0. The first-order chi connectivity index (χ1) is 33.6. The van der Waals surface area contributed by atoms with Crippen LogP contribution in [0, 0.1) is 18.8 Å². The lowest BCUT2D eigenvalue weighted by molar-refractivity contribution is -0.138. The number of aryl methyl sites for hydroxylation is 1. The van der Waals surface area contributed by atoms with E-state index in [4.69, 9.17) is 37.9 Å². The highest BCUT2D eigenvalue weighted by Crippen LogP contribution is 2.35. The number of methoxy groups -OCH3 is 1. The number of imidazole rings is 1. The summed E-state index contributed by atoms with van der Waals surface area (Å²) in [5.41, 5.74) is 2.26. The molecular formula is C49H64F3N7O10. The van der Waals surface area contributed by atoms with Gasteiger partial charge in [0.1, 0.15) is 12.3 Å². The predicted molar refractivity (Wildman–Crippen MR) is 251 cm³/mol. The Kier molecular flexibility index (Phi) is 24.4. The van der Waals surface area contributed by atoms with E-state index in [1.165, 1.54) is 12.1 Å². The van der Waals surface area contributed by atoms with Crippen molar-refractivity contribution in [3.05, 3.63) is 107 Å². The Morgan fingerprint density at radius 2 is 1.41 bits per heavy atom. The van der Waals surface area contributed by atoms with Gasteiger partial charge in [0, 0.05) is 69.4 Å². The van der Waals surface area contributed by atoms with Gasteiger partial charge in [0.05, 0.1) is 97.6 Å². The predicted octanol–water partition coefficient (Wildman–Crippen LogP) is 5.24. The molecule has 4 aromatic rings. The fourth-order valence-electron chi connectivity index (χ4n) is 6.81. The number of hydrogen-bond acceptors (Lipinski definition) is 14. The number of halogens is 3. The molecule has 69 heavy (non-hydrogen) atoms. The lowest BCUT2D eigenvalue weighted by Crippen LogP contribution is -2.46. The number of anilines is 1. The number of rotatable bonds is 30. The summed E-state index contributed by atoms with van der Waals surface area (Å²) in [4.78, 5) is 33.8. The summed E-state index contributed by atoms with van der Waals surface area (Å²) >= 11 is 0. The van der Waals surface area contributed by atoms with Crippen LogP contribution in [0.2, 0.25) is 0 Å². The zero-order valence-electron chi connectivity index (χ0n) is 39.4. The number of carbonyl (C=O) groups excluding carboxylic acids is 2. The van der Waals surface area contributed by atoms with Crippen LogP contribution < -0.4 is 10.6 Å². The molecule has 1 saturated heterocycles. The zero-order chi connectivity index (χ0) is 48.9. The van der Waals surface area contributed by atoms with Gasteiger partial charge >= 0.3 is 12.3 Å². The van der Waals surface area contributed by atoms with E-state index >= 15 is 0 Å². The normalized spacial score (nSPS) is 13.5. The second kappa shape index (κ2) is 30.9. The second-order valence-corrected chi connectivity index (χ2v) is 15.6. The lowest BCUT2D eigenvalue weighted by Gasteiger charge is -2.35. The van der Waals surface area contributed by atoms with Gasteiger partial charge in [-0.15, -0.1) is 0 Å². The SMILES string of the molecule is COCCOCCOC/C=C/COCCOCCOCCOCCOC(=O)NCCCN1CCN(Cc2ccc(NC(=O)c3ccc(C)c(C#Cc4cnc5cccnn45)c3)cc2C(F)(F)F)CC1. The van der Waals surface area contributed by atoms with Crippen LogP contribution >= 0.6 is 0 Å². The minimum Gasteiger partial charge on any atom is -0.447 e. The van der Waals surface area contributed by atoms with Gasteiger partial charge in [0.15, 0.2) is 5.65 Å². The molecule has 0 spiro atoms. The van der Waals surface area contributed by atoms with Gasteiger partial charge in [-0.25, -0.2) is 14.3 Å². The molecule has 1 aliphatic heterocycles. The third-order valence-electron chi connectivity index (χ3n) is 10.5. The van der Waals surface area contributed by atoms with E-state index in [0.29, 0.717) is 142 Å². The number of nitrogens with one attached hydrogen (secondary N) is 2. The molecule has 5 rings (SSSR count). The molecule has 0 bridgehead atoms. The summed E-state index contributed by atoms with van der Waals surface area (Å²) in [5, 5.41) is 9.62. The summed E-state index contributed by atoms with van der Waals surface area (Å²) in [5.74, 6) is 5.55. The molecule has 20 heteroatoms. The highest BCUT2D eigenvalue weighted by molar-refractivity contribution is 6.04. The fraction of sp³-hybridized carbons (Fsp3) is 0.510. The Labute approximate surface area is 401 Å². The number of aromatic nitrogens is 3. The maximum Gasteiger partial charge on any atom is 0.416 e. The van der Waals surface area contributed by atoms with Crippen LogP contribution in [-0.4, -0.2) is 175 Å². The first-order valence-corrected chi connectivity index (χ1v) is 23.0. The number of carbonyl (C=O) groups is 2. The van der Waals surface area contributed by atoms with E-state index in [1.807, 2.05) is 30.0 Å². The van der Waals surface area contributed by atoms with Gasteiger partial charge in [-0.2, -0.15) is 18.3 Å². The fourth-order valence-corrected chi connectivity index (χ4v) is 6.81. The molecule has 0 radical (unpaired) electrons. The highest BCUT2D eigenvalue weighted by atomic mass is 19.4. The van der Waals surface area contributed by atoms with Crippen LogP contribution in [-0.2, 0) is 50.6 Å². The first kappa shape index (κ1) is 54.5. The average molecular weight is 968 g/mol. The quantitative estimate of drug-likeness (QED) is 0.0395. The summed E-state index contributed by atoms with van der Waals surface area (Å²) in [6.07, 6.45) is 2.56. The van der Waals surface area contributed by atoms with Crippen molar-refractivity contribution in [3.63, 3.8) is 0 Å². The number of piperazine rings is 1. The molecule has 376 valence electrons. The van der Waals surface area contributed by atoms with Crippen molar-refractivity contribution in [3.8, 4) is 11.8 Å². The van der Waals surface area contributed by atoms with E-state index in [9.17, 15) is 22.8 Å². The Balaban J connectivity index is 0.874. The van der Waals surface area contributed by atoms with Gasteiger partial charge in [0.25, 0.3) is 5.91 Å². The van der Waals surface area contributed by atoms with Crippen molar-refractivity contribution in [1.29, 1.82) is 0 Å². The largest absolute Gasteiger partial charge is 0.447 e. The van der Waals surface area contributed by atoms with Crippen molar-refractivity contribution in [1.82, 2.24) is 29.7 Å². The minimum atomic E-state index is -4.63. The van der Waals surface area contributed by atoms with Crippen LogP contribution in [0.3, 0.4) is 0 Å². The number of ether oxygens (including phenoxy) is 8. The maximum atomic E-state index is 14.4. The van der Waals surface area contributed by atoms with Gasteiger partial charge in [-0.1, -0.05) is 30.2 Å². The molecule has 3 heterocycles. The number of hydrogen-bond donors (Lipinski definition) is 2. The molecule has 0 unspecified atom stereocenters. The second-order valence-electron chi connectivity index (χ2n) is 15.6. The van der Waals surface area contributed by atoms with Gasteiger partial charge in [-0.05, 0) is 73.3 Å². The minimum absolute atomic E-state index is 0.0367. The molecule has 2 aromatic carbocycles. The van der Waals surface area contributed by atoms with Crippen molar-refractivity contribution in [2.24, 2.45) is 0 Å². The van der Waals surface area contributed by atoms with Gasteiger partial charge in [0.2, 0.25) is 0 Å². The third kappa shape index (κ3) is 20.6. The maximum absolute atomic E-state index is 14.4. The molecule has 2 aromatic heterocycles.